The molecule has 1 aliphatic rings. The van der Waals surface area contributed by atoms with Gasteiger partial charge in [0.25, 0.3) is 0 Å². The fourth-order valence-corrected chi connectivity index (χ4v) is 3.57. The molecule has 2 heterocycles. The largest absolute Gasteiger partial charge is 0.393 e. The number of aliphatic hydroxyl groups excluding tert-OH is 1. The zero-order valence-corrected chi connectivity index (χ0v) is 14.7. The molecule has 0 saturated carbocycles. The second-order valence-corrected chi connectivity index (χ2v) is 6.89. The van der Waals surface area contributed by atoms with Crippen LogP contribution in [0, 0.1) is 5.92 Å². The molecule has 2 amide bonds. The van der Waals surface area contributed by atoms with Gasteiger partial charge in [-0.3, -0.25) is 9.59 Å². The number of likely N-dealkylation sites (tertiary alicyclic amines) is 1. The topological polar surface area (TPSA) is 85.4 Å². The first kappa shape index (κ1) is 17.5. The van der Waals surface area contributed by atoms with Crippen molar-refractivity contribution in [2.24, 2.45) is 5.92 Å². The van der Waals surface area contributed by atoms with Gasteiger partial charge in [0.1, 0.15) is 6.04 Å². The zero-order valence-electron chi connectivity index (χ0n) is 14.7. The second-order valence-electron chi connectivity index (χ2n) is 6.89. The van der Waals surface area contributed by atoms with Crippen molar-refractivity contribution in [3.05, 3.63) is 36.0 Å². The van der Waals surface area contributed by atoms with E-state index in [1.54, 1.807) is 11.8 Å². The third-order valence-corrected chi connectivity index (χ3v) is 4.99. The predicted octanol–water partition coefficient (Wildman–Crippen LogP) is 1.44. The molecule has 3 unspecified atom stereocenters. The standard InChI is InChI=1S/C19H25N3O3/c1-12(23)14-7-8-22(11-14)19(25)18(21-13(2)24)9-15-10-20-17-6-4-3-5-16(15)17/h3-6,10,12,14,18,20,23H,7-9,11H2,1-2H3,(H,21,24). The van der Waals surface area contributed by atoms with Gasteiger partial charge in [-0.2, -0.15) is 0 Å². The number of aromatic nitrogens is 1. The molecule has 6 heteroatoms. The van der Waals surface area contributed by atoms with Gasteiger partial charge in [-0.1, -0.05) is 18.2 Å². The van der Waals surface area contributed by atoms with E-state index in [0.717, 1.165) is 22.9 Å². The minimum absolute atomic E-state index is 0.0800. The van der Waals surface area contributed by atoms with Crippen molar-refractivity contribution in [2.75, 3.05) is 13.1 Å². The molecule has 1 fully saturated rings. The smallest absolute Gasteiger partial charge is 0.245 e. The first-order chi connectivity index (χ1) is 12.0. The van der Waals surface area contributed by atoms with Crippen LogP contribution < -0.4 is 5.32 Å². The average Bonchev–Trinajstić information content (AvgIpc) is 3.21. The fourth-order valence-electron chi connectivity index (χ4n) is 3.57. The third kappa shape index (κ3) is 3.85. The molecular formula is C19H25N3O3. The van der Waals surface area contributed by atoms with Crippen molar-refractivity contribution in [3.63, 3.8) is 0 Å². The van der Waals surface area contributed by atoms with Gasteiger partial charge in [-0.15, -0.1) is 0 Å². The highest BCUT2D eigenvalue weighted by atomic mass is 16.3. The highest BCUT2D eigenvalue weighted by Gasteiger charge is 2.33. The van der Waals surface area contributed by atoms with Gasteiger partial charge in [0.2, 0.25) is 11.8 Å². The quantitative estimate of drug-likeness (QED) is 0.768. The minimum atomic E-state index is -0.593. The van der Waals surface area contributed by atoms with Crippen molar-refractivity contribution in [2.45, 2.75) is 38.8 Å². The number of benzene rings is 1. The number of nitrogens with zero attached hydrogens (tertiary/aromatic N) is 1. The van der Waals surface area contributed by atoms with Crippen LogP contribution in [0.1, 0.15) is 25.8 Å². The molecular weight excluding hydrogens is 318 g/mol. The monoisotopic (exact) mass is 343 g/mol. The van der Waals surface area contributed by atoms with Crippen LogP contribution in [0.2, 0.25) is 0 Å². The van der Waals surface area contributed by atoms with Crippen molar-refractivity contribution in [1.29, 1.82) is 0 Å². The van der Waals surface area contributed by atoms with E-state index in [9.17, 15) is 14.7 Å². The van der Waals surface area contributed by atoms with Gasteiger partial charge in [0.05, 0.1) is 6.10 Å². The molecule has 134 valence electrons. The van der Waals surface area contributed by atoms with Crippen molar-refractivity contribution in [3.8, 4) is 0 Å². The van der Waals surface area contributed by atoms with E-state index >= 15 is 0 Å². The maximum atomic E-state index is 12.9. The summed E-state index contributed by atoms with van der Waals surface area (Å²) >= 11 is 0. The second kappa shape index (κ2) is 7.27. The normalized spacial score (nSPS) is 19.8. The number of H-pyrrole nitrogens is 1. The molecule has 1 aromatic carbocycles. The average molecular weight is 343 g/mol. The molecule has 6 nitrogen and oxygen atoms in total. The molecule has 25 heavy (non-hydrogen) atoms. The molecule has 3 rings (SSSR count). The van der Waals surface area contributed by atoms with Crippen LogP contribution in [0.3, 0.4) is 0 Å². The highest BCUT2D eigenvalue weighted by molar-refractivity contribution is 5.89. The first-order valence-corrected chi connectivity index (χ1v) is 8.74. The molecule has 3 N–H and O–H groups in total. The van der Waals surface area contributed by atoms with Crippen molar-refractivity contribution < 1.29 is 14.7 Å². The van der Waals surface area contributed by atoms with Gasteiger partial charge < -0.3 is 20.3 Å². The van der Waals surface area contributed by atoms with E-state index in [1.807, 2.05) is 30.5 Å². The molecule has 3 atom stereocenters. The van der Waals surface area contributed by atoms with E-state index in [4.69, 9.17) is 0 Å². The number of fused-ring (bicyclic) bond motifs is 1. The van der Waals surface area contributed by atoms with E-state index in [1.165, 1.54) is 6.92 Å². The number of carbonyl (C=O) groups excluding carboxylic acids is 2. The van der Waals surface area contributed by atoms with E-state index < -0.39 is 12.1 Å². The number of nitrogens with one attached hydrogen (secondary N) is 2. The Labute approximate surface area is 147 Å². The summed E-state index contributed by atoms with van der Waals surface area (Å²) in [4.78, 5) is 29.5. The van der Waals surface area contributed by atoms with Crippen LogP contribution >= 0.6 is 0 Å². The van der Waals surface area contributed by atoms with Crippen molar-refractivity contribution in [1.82, 2.24) is 15.2 Å². The Balaban J connectivity index is 1.78. The van der Waals surface area contributed by atoms with Crippen LogP contribution in [0.5, 0.6) is 0 Å². The first-order valence-electron chi connectivity index (χ1n) is 8.74. The van der Waals surface area contributed by atoms with E-state index in [2.05, 4.69) is 10.3 Å². The van der Waals surface area contributed by atoms with Gasteiger partial charge in [-0.05, 0) is 25.0 Å². The predicted molar refractivity (Wildman–Crippen MR) is 96.0 cm³/mol. The third-order valence-electron chi connectivity index (χ3n) is 4.99. The lowest BCUT2D eigenvalue weighted by Gasteiger charge is -2.24. The van der Waals surface area contributed by atoms with Crippen molar-refractivity contribution >= 4 is 22.7 Å². The lowest BCUT2D eigenvalue weighted by Crippen LogP contribution is -2.48. The van der Waals surface area contributed by atoms with Crippen LogP contribution in [-0.2, 0) is 16.0 Å². The number of hydrogen-bond donors (Lipinski definition) is 3. The summed E-state index contributed by atoms with van der Waals surface area (Å²) in [6.07, 6.45) is 2.71. The molecule has 1 aromatic heterocycles. The number of aliphatic hydroxyl groups is 1. The summed E-state index contributed by atoms with van der Waals surface area (Å²) in [6, 6.07) is 7.32. The summed E-state index contributed by atoms with van der Waals surface area (Å²) in [5.41, 5.74) is 2.02. The Morgan fingerprint density at radius 3 is 2.84 bits per heavy atom. The van der Waals surface area contributed by atoms with Crippen LogP contribution in [0.15, 0.2) is 30.5 Å². The van der Waals surface area contributed by atoms with Crippen LogP contribution in [-0.4, -0.2) is 52.0 Å². The summed E-state index contributed by atoms with van der Waals surface area (Å²) in [6.45, 7) is 4.35. The summed E-state index contributed by atoms with van der Waals surface area (Å²) in [5, 5.41) is 13.6. The van der Waals surface area contributed by atoms with Gasteiger partial charge >= 0.3 is 0 Å². The van der Waals surface area contributed by atoms with E-state index in [-0.39, 0.29) is 17.7 Å². The number of hydrogen-bond acceptors (Lipinski definition) is 3. The van der Waals surface area contributed by atoms with Gasteiger partial charge in [-0.25, -0.2) is 0 Å². The number of para-hydroxylation sites is 1. The molecule has 0 bridgehead atoms. The SMILES string of the molecule is CC(=O)NC(Cc1c[nH]c2ccccc12)C(=O)N1CCC(C(C)O)C1. The van der Waals surface area contributed by atoms with Gasteiger partial charge in [0, 0.05) is 49.5 Å². The Kier molecular flexibility index (Phi) is 5.08. The Morgan fingerprint density at radius 1 is 1.40 bits per heavy atom. The molecule has 1 aliphatic heterocycles. The number of amides is 2. The Bertz CT molecular complexity index is 768. The zero-order chi connectivity index (χ0) is 18.0. The number of carbonyl (C=O) groups is 2. The molecule has 1 saturated heterocycles. The fraction of sp³-hybridized carbons (Fsp3) is 0.474. The summed E-state index contributed by atoms with van der Waals surface area (Å²) in [7, 11) is 0. The summed E-state index contributed by atoms with van der Waals surface area (Å²) in [5.74, 6) is -0.192. The Hall–Kier alpha value is -2.34. The van der Waals surface area contributed by atoms with Crippen LogP contribution in [0.25, 0.3) is 10.9 Å². The minimum Gasteiger partial charge on any atom is -0.393 e. The molecule has 0 aliphatic carbocycles. The van der Waals surface area contributed by atoms with Crippen LogP contribution in [0.4, 0.5) is 0 Å². The maximum Gasteiger partial charge on any atom is 0.245 e. The summed E-state index contributed by atoms with van der Waals surface area (Å²) < 4.78 is 0. The number of rotatable bonds is 5. The molecule has 0 spiro atoms. The Morgan fingerprint density at radius 2 is 2.16 bits per heavy atom. The van der Waals surface area contributed by atoms with Gasteiger partial charge in [0.15, 0.2) is 0 Å². The lowest BCUT2D eigenvalue weighted by atomic mass is 10.0. The maximum absolute atomic E-state index is 12.9. The lowest BCUT2D eigenvalue weighted by molar-refractivity contribution is -0.135. The molecule has 2 aromatic rings. The highest BCUT2D eigenvalue weighted by Crippen LogP contribution is 2.23. The molecule has 0 radical (unpaired) electrons. The number of aromatic amines is 1. The van der Waals surface area contributed by atoms with E-state index in [0.29, 0.717) is 19.5 Å².